The monoisotopic (exact) mass is 326 g/mol. The number of aliphatic hydroxyl groups excluding tert-OH is 1. The van der Waals surface area contributed by atoms with Crippen LogP contribution in [0, 0.1) is 12.7 Å². The number of aliphatic hydroxyl groups is 1. The van der Waals surface area contributed by atoms with Crippen molar-refractivity contribution in [2.45, 2.75) is 13.0 Å². The first kappa shape index (κ1) is 16.1. The normalized spacial score (nSPS) is 11.8. The number of hydrogen-bond acceptors (Lipinski definition) is 6. The lowest BCUT2D eigenvalue weighted by Gasteiger charge is -2.13. The number of halogens is 1. The van der Waals surface area contributed by atoms with Crippen molar-refractivity contribution in [3.05, 3.63) is 35.1 Å². The molecule has 0 bridgehead atoms. The first-order chi connectivity index (χ1) is 10.5. The van der Waals surface area contributed by atoms with Crippen molar-refractivity contribution < 1.29 is 19.0 Å². The van der Waals surface area contributed by atoms with Crippen LogP contribution in [0.4, 0.5) is 14.3 Å². The third-order valence-corrected chi connectivity index (χ3v) is 3.24. The van der Waals surface area contributed by atoms with Gasteiger partial charge in [0.05, 0.1) is 0 Å². The molecule has 1 aromatic heterocycles. The summed E-state index contributed by atoms with van der Waals surface area (Å²) in [5.74, 6) is -0.107. The molecule has 7 nitrogen and oxygen atoms in total. The summed E-state index contributed by atoms with van der Waals surface area (Å²) < 4.78 is 18.2. The molecule has 3 N–H and O–H groups in total. The average Bonchev–Trinajstić information content (AvgIpc) is 2.88. The summed E-state index contributed by atoms with van der Waals surface area (Å²) in [5.41, 5.74) is 0. The van der Waals surface area contributed by atoms with E-state index in [0.717, 1.165) is 5.01 Å². The SMILES string of the molecule is Cc1nnc(NC(=O)NC[C@@H](O)COc2cccc(F)c2)s1. The van der Waals surface area contributed by atoms with Gasteiger partial charge in [-0.25, -0.2) is 9.18 Å². The lowest BCUT2D eigenvalue weighted by molar-refractivity contribution is 0.108. The lowest BCUT2D eigenvalue weighted by Crippen LogP contribution is -2.37. The maximum Gasteiger partial charge on any atom is 0.321 e. The number of nitrogens with one attached hydrogen (secondary N) is 2. The van der Waals surface area contributed by atoms with E-state index >= 15 is 0 Å². The summed E-state index contributed by atoms with van der Waals surface area (Å²) in [6.07, 6.45) is -0.926. The van der Waals surface area contributed by atoms with Gasteiger partial charge in [0.2, 0.25) is 5.13 Å². The van der Waals surface area contributed by atoms with E-state index in [9.17, 15) is 14.3 Å². The molecule has 2 amide bonds. The first-order valence-corrected chi connectivity index (χ1v) is 7.26. The van der Waals surface area contributed by atoms with E-state index in [2.05, 4.69) is 20.8 Å². The van der Waals surface area contributed by atoms with Crippen molar-refractivity contribution in [2.24, 2.45) is 0 Å². The van der Waals surface area contributed by atoms with Gasteiger partial charge in [0, 0.05) is 12.6 Å². The van der Waals surface area contributed by atoms with Crippen LogP contribution in [0.3, 0.4) is 0 Å². The van der Waals surface area contributed by atoms with Crippen LogP contribution in [0.1, 0.15) is 5.01 Å². The van der Waals surface area contributed by atoms with Gasteiger partial charge >= 0.3 is 6.03 Å². The average molecular weight is 326 g/mol. The van der Waals surface area contributed by atoms with Gasteiger partial charge in [-0.2, -0.15) is 0 Å². The molecule has 0 saturated carbocycles. The molecule has 0 radical (unpaired) electrons. The van der Waals surface area contributed by atoms with Gasteiger partial charge in [-0.05, 0) is 19.1 Å². The number of urea groups is 1. The summed E-state index contributed by atoms with van der Waals surface area (Å²) in [6, 6.07) is 5.09. The molecule has 0 fully saturated rings. The number of aromatic nitrogens is 2. The van der Waals surface area contributed by atoms with E-state index in [1.54, 1.807) is 13.0 Å². The molecule has 9 heteroatoms. The van der Waals surface area contributed by atoms with Crippen molar-refractivity contribution in [3.63, 3.8) is 0 Å². The second kappa shape index (κ2) is 7.66. The highest BCUT2D eigenvalue weighted by Gasteiger charge is 2.10. The van der Waals surface area contributed by atoms with Gasteiger partial charge in [-0.3, -0.25) is 5.32 Å². The third kappa shape index (κ3) is 5.26. The standard InChI is InChI=1S/C13H15FN4O3S/c1-8-17-18-13(22-8)16-12(20)15-6-10(19)7-21-11-4-2-3-9(14)5-11/h2-5,10,19H,6-7H2,1H3,(H2,15,16,18,20)/t10-/m1/s1. The zero-order valence-electron chi connectivity index (χ0n) is 11.7. The van der Waals surface area contributed by atoms with E-state index in [-0.39, 0.29) is 13.2 Å². The highest BCUT2D eigenvalue weighted by molar-refractivity contribution is 7.15. The molecule has 0 aliphatic carbocycles. The van der Waals surface area contributed by atoms with Gasteiger partial charge in [0.1, 0.15) is 29.3 Å². The van der Waals surface area contributed by atoms with E-state index in [0.29, 0.717) is 10.9 Å². The molecule has 22 heavy (non-hydrogen) atoms. The Morgan fingerprint density at radius 3 is 3.00 bits per heavy atom. The molecule has 2 aromatic rings. The van der Waals surface area contributed by atoms with Crippen LogP contribution in [0.5, 0.6) is 5.75 Å². The van der Waals surface area contributed by atoms with Gasteiger partial charge in [0.25, 0.3) is 0 Å². The van der Waals surface area contributed by atoms with Gasteiger partial charge < -0.3 is 15.2 Å². The summed E-state index contributed by atoms with van der Waals surface area (Å²) >= 11 is 1.24. The zero-order valence-corrected chi connectivity index (χ0v) is 12.6. The lowest BCUT2D eigenvalue weighted by atomic mass is 10.3. The molecule has 0 unspecified atom stereocenters. The molecule has 0 spiro atoms. The number of rotatable bonds is 6. The Kier molecular flexibility index (Phi) is 5.61. The minimum atomic E-state index is -0.926. The van der Waals surface area contributed by atoms with Crippen LogP contribution >= 0.6 is 11.3 Å². The van der Waals surface area contributed by atoms with E-state index in [4.69, 9.17) is 4.74 Å². The van der Waals surface area contributed by atoms with Crippen molar-refractivity contribution >= 4 is 22.5 Å². The zero-order chi connectivity index (χ0) is 15.9. The second-order valence-electron chi connectivity index (χ2n) is 4.38. The summed E-state index contributed by atoms with van der Waals surface area (Å²) in [6.45, 7) is 1.69. The fourth-order valence-corrected chi connectivity index (χ4v) is 2.09. The molecule has 0 aliphatic rings. The minimum absolute atomic E-state index is 0.0149. The second-order valence-corrected chi connectivity index (χ2v) is 5.57. The van der Waals surface area contributed by atoms with Crippen LogP contribution < -0.4 is 15.4 Å². The first-order valence-electron chi connectivity index (χ1n) is 6.44. The summed E-state index contributed by atoms with van der Waals surface area (Å²) in [7, 11) is 0. The Morgan fingerprint density at radius 1 is 1.50 bits per heavy atom. The molecule has 0 saturated heterocycles. The number of benzene rings is 1. The minimum Gasteiger partial charge on any atom is -0.491 e. The number of amides is 2. The van der Waals surface area contributed by atoms with Gasteiger partial charge in [-0.1, -0.05) is 17.4 Å². The molecule has 1 aromatic carbocycles. The van der Waals surface area contributed by atoms with Crippen LogP contribution in [0.2, 0.25) is 0 Å². The predicted molar refractivity (Wildman–Crippen MR) is 79.6 cm³/mol. The molecular weight excluding hydrogens is 311 g/mol. The number of nitrogens with zero attached hydrogens (tertiary/aromatic N) is 2. The van der Waals surface area contributed by atoms with Crippen molar-refractivity contribution in [1.29, 1.82) is 0 Å². The Balaban J connectivity index is 1.68. The summed E-state index contributed by atoms with van der Waals surface area (Å²) in [5, 5.41) is 23.3. The number of carbonyl (C=O) groups is 1. The van der Waals surface area contributed by atoms with Crippen LogP contribution in [-0.2, 0) is 0 Å². The number of aryl methyl sites for hydroxylation is 1. The van der Waals surface area contributed by atoms with Gasteiger partial charge in [0.15, 0.2) is 0 Å². The number of ether oxygens (including phenoxy) is 1. The molecule has 1 heterocycles. The van der Waals surface area contributed by atoms with Gasteiger partial charge in [-0.15, -0.1) is 10.2 Å². The van der Waals surface area contributed by atoms with Crippen LogP contribution in [0.15, 0.2) is 24.3 Å². The molecule has 118 valence electrons. The maximum absolute atomic E-state index is 12.9. The fraction of sp³-hybridized carbons (Fsp3) is 0.308. The van der Waals surface area contributed by atoms with Crippen LogP contribution in [-0.4, -0.2) is 40.6 Å². The van der Waals surface area contributed by atoms with Crippen LogP contribution in [0.25, 0.3) is 0 Å². The van der Waals surface area contributed by atoms with E-state index < -0.39 is 18.0 Å². The smallest absolute Gasteiger partial charge is 0.321 e. The largest absolute Gasteiger partial charge is 0.491 e. The Bertz CT molecular complexity index is 637. The maximum atomic E-state index is 12.9. The number of anilines is 1. The highest BCUT2D eigenvalue weighted by Crippen LogP contribution is 2.13. The fourth-order valence-electron chi connectivity index (χ4n) is 1.51. The third-order valence-electron chi connectivity index (χ3n) is 2.48. The molecule has 1 atom stereocenters. The van der Waals surface area contributed by atoms with E-state index in [1.165, 1.54) is 29.5 Å². The Morgan fingerprint density at radius 2 is 2.32 bits per heavy atom. The molecule has 0 aliphatic heterocycles. The number of carbonyl (C=O) groups excluding carboxylic acids is 1. The summed E-state index contributed by atoms with van der Waals surface area (Å²) in [4.78, 5) is 11.6. The van der Waals surface area contributed by atoms with Crippen molar-refractivity contribution in [1.82, 2.24) is 15.5 Å². The van der Waals surface area contributed by atoms with Crippen molar-refractivity contribution in [2.75, 3.05) is 18.5 Å². The molecular formula is C13H15FN4O3S. The van der Waals surface area contributed by atoms with E-state index in [1.807, 2.05) is 0 Å². The predicted octanol–water partition coefficient (Wildman–Crippen LogP) is 1.55. The highest BCUT2D eigenvalue weighted by atomic mass is 32.1. The quantitative estimate of drug-likeness (QED) is 0.748. The molecule has 2 rings (SSSR count). The topological polar surface area (TPSA) is 96.4 Å². The Hall–Kier alpha value is -2.26. The number of hydrogen-bond donors (Lipinski definition) is 3. The Labute approximate surface area is 130 Å². The van der Waals surface area contributed by atoms with Crippen molar-refractivity contribution in [3.8, 4) is 5.75 Å².